The van der Waals surface area contributed by atoms with Crippen molar-refractivity contribution in [2.75, 3.05) is 40.8 Å². The maximum absolute atomic E-state index is 14.4. The number of hydrogen-bond donors (Lipinski definition) is 3. The Morgan fingerprint density at radius 3 is 2.30 bits per heavy atom. The summed E-state index contributed by atoms with van der Waals surface area (Å²) in [4.78, 5) is 48.6. The zero-order valence-corrected chi connectivity index (χ0v) is 41.5. The molecule has 2 aliphatic rings. The first-order valence-corrected chi connectivity index (χ1v) is 23.8. The number of non-ortho nitro benzene ring substituents is 1. The van der Waals surface area contributed by atoms with Gasteiger partial charge in [0.1, 0.15) is 30.3 Å². The van der Waals surface area contributed by atoms with Gasteiger partial charge in [-0.15, -0.1) is 5.10 Å². The molecular weight excluding hydrogens is 851 g/mol. The highest BCUT2D eigenvalue weighted by Gasteiger charge is 2.51. The molecule has 2 fully saturated rings. The number of rotatable bonds is 18. The predicted molar refractivity (Wildman–Crippen MR) is 249 cm³/mol. The maximum atomic E-state index is 14.4. The average molecular weight is 930 g/mol. The van der Waals surface area contributed by atoms with Crippen LogP contribution in [0.5, 0.6) is 0 Å². The molecule has 18 heteroatoms. The Morgan fingerprint density at radius 1 is 1.00 bits per heavy atom. The van der Waals surface area contributed by atoms with Crippen LogP contribution in [-0.4, -0.2) is 152 Å². The smallest absolute Gasteiger partial charge is 0.316 e. The average Bonchev–Trinajstić information content (AvgIpc) is 3.74. The van der Waals surface area contributed by atoms with Crippen molar-refractivity contribution in [3.8, 4) is 0 Å². The van der Waals surface area contributed by atoms with Crippen LogP contribution in [-0.2, 0) is 48.0 Å². The number of carbonyl (C=O) groups is 2. The number of carbonyl (C=O) groups excluding carboxylic acids is 2. The number of benzene rings is 1. The first-order valence-electron chi connectivity index (χ1n) is 23.8. The van der Waals surface area contributed by atoms with Crippen LogP contribution in [0.15, 0.2) is 35.6 Å². The van der Waals surface area contributed by atoms with Crippen LogP contribution in [0.4, 0.5) is 5.69 Å². The second-order valence-corrected chi connectivity index (χ2v) is 19.7. The first kappa shape index (κ1) is 54.7. The zero-order valence-electron chi connectivity index (χ0n) is 41.5. The summed E-state index contributed by atoms with van der Waals surface area (Å²) >= 11 is 0. The molecular formula is C48H79N7O11. The fourth-order valence-electron chi connectivity index (χ4n) is 9.62. The lowest BCUT2D eigenvalue weighted by molar-refractivity contribution is -0.384. The summed E-state index contributed by atoms with van der Waals surface area (Å²) in [5.41, 5.74) is -0.209. The van der Waals surface area contributed by atoms with E-state index in [1.54, 1.807) is 32.9 Å². The van der Waals surface area contributed by atoms with Crippen molar-refractivity contribution >= 4 is 23.2 Å². The van der Waals surface area contributed by atoms with E-state index in [1.807, 2.05) is 64.6 Å². The number of aliphatic hydroxyl groups is 3. The van der Waals surface area contributed by atoms with Crippen molar-refractivity contribution in [2.45, 2.75) is 169 Å². The number of likely N-dealkylation sites (N-methyl/N-ethyl adjacent to an activating group) is 2. The van der Waals surface area contributed by atoms with E-state index in [2.05, 4.69) is 20.4 Å². The predicted octanol–water partition coefficient (Wildman–Crippen LogP) is 5.23. The molecule has 2 aliphatic heterocycles. The molecule has 3 N–H and O–H groups in total. The summed E-state index contributed by atoms with van der Waals surface area (Å²) in [5.74, 6) is -4.38. The molecule has 0 aliphatic carbocycles. The summed E-state index contributed by atoms with van der Waals surface area (Å²) < 4.78 is 21.0. The van der Waals surface area contributed by atoms with E-state index in [0.717, 1.165) is 30.5 Å². The maximum Gasteiger partial charge on any atom is 0.316 e. The number of aromatic nitrogens is 3. The van der Waals surface area contributed by atoms with Gasteiger partial charge < -0.3 is 44.2 Å². The fraction of sp³-hybridized carbons (Fsp3) is 0.771. The molecule has 2 aromatic rings. The van der Waals surface area contributed by atoms with Crippen molar-refractivity contribution in [1.82, 2.24) is 24.8 Å². The summed E-state index contributed by atoms with van der Waals surface area (Å²) in [7, 11) is 5.80. The Bertz CT molecular complexity index is 1890. The molecule has 66 heavy (non-hydrogen) atoms. The Labute approximate surface area is 391 Å². The number of cyclic esters (lactones) is 1. The number of Topliss-reactive ketones (excluding diaryl/α,β-unsaturated/α-hetero) is 1. The van der Waals surface area contributed by atoms with Gasteiger partial charge in [0.2, 0.25) is 0 Å². The Balaban J connectivity index is 1.54. The highest BCUT2D eigenvalue weighted by Crippen LogP contribution is 2.43. The number of ether oxygens (including phenoxy) is 3. The van der Waals surface area contributed by atoms with Crippen molar-refractivity contribution in [1.29, 1.82) is 0 Å². The number of hydrogen-bond acceptors (Lipinski definition) is 16. The number of esters is 1. The van der Waals surface area contributed by atoms with Crippen LogP contribution >= 0.6 is 0 Å². The number of nitro groups is 1. The minimum absolute atomic E-state index is 0.0810. The number of oxime groups is 1. The number of unbranched alkanes of at least 4 members (excludes halogenated alkanes) is 1. The monoisotopic (exact) mass is 930 g/mol. The molecule has 2 saturated heterocycles. The van der Waals surface area contributed by atoms with Gasteiger partial charge in [-0.3, -0.25) is 24.4 Å². The molecule has 3 heterocycles. The lowest BCUT2D eigenvalue weighted by atomic mass is 9.67. The van der Waals surface area contributed by atoms with Gasteiger partial charge in [0.25, 0.3) is 5.69 Å². The van der Waals surface area contributed by atoms with E-state index < -0.39 is 76.2 Å². The third-order valence-corrected chi connectivity index (χ3v) is 14.1. The Hall–Kier alpha value is -3.91. The van der Waals surface area contributed by atoms with E-state index in [4.69, 9.17) is 19.0 Å². The standard InChI is InChI=1S/C48H79N7O11/c1-13-39-48(9,60)43(58)32(5)40(50-63-26-25-52(10)11)30(3)28-47(8,14-2)44(33(6)41(56)34(7)45(59)65-39)66-46-42(57)38(27-31(4)64-46)53(12)24-22-36-29-54(51-49-36)23-16-15-17-35-18-20-37(21-19-35)55(61)62/h18-21,29-34,38-39,42-44,46,57-58,60H,13-17,22-28H2,1-12H3/t30-,31-,32+,33+,34-,38+,39-,42-,43-,44-,46+,47-,48-/m1/s1. The van der Waals surface area contributed by atoms with Gasteiger partial charge in [-0.05, 0) is 104 Å². The highest BCUT2D eigenvalue weighted by molar-refractivity contribution is 6.00. The van der Waals surface area contributed by atoms with E-state index in [-0.39, 0.29) is 36.8 Å². The number of nitro benzene ring substituents is 1. The second-order valence-electron chi connectivity index (χ2n) is 19.7. The molecule has 0 saturated carbocycles. The van der Waals surface area contributed by atoms with Gasteiger partial charge in [0, 0.05) is 62.3 Å². The van der Waals surface area contributed by atoms with Gasteiger partial charge >= 0.3 is 5.97 Å². The molecule has 1 aromatic carbocycles. The van der Waals surface area contributed by atoms with Crippen LogP contribution < -0.4 is 0 Å². The number of aryl methyl sites for hydroxylation is 2. The van der Waals surface area contributed by atoms with Crippen molar-refractivity contribution in [3.05, 3.63) is 51.8 Å². The lowest BCUT2D eigenvalue weighted by Gasteiger charge is -2.48. The van der Waals surface area contributed by atoms with E-state index in [0.29, 0.717) is 51.0 Å². The molecule has 13 atom stereocenters. The van der Waals surface area contributed by atoms with Gasteiger partial charge in [0.15, 0.2) is 12.1 Å². The molecule has 0 unspecified atom stereocenters. The van der Waals surface area contributed by atoms with E-state index in [1.165, 1.54) is 26.0 Å². The SMILES string of the molecule is CC[C@H]1OC(=O)[C@H](C)C(=O)[C@H](C)[C@@H](O[C@@H]2O[C@H](C)C[C@H](N(C)CCc3cn(CCCCc4ccc([N+](=O)[O-])cc4)nn3)[C@H]2O)[C@](C)(CC)C[C@@H](C)C(=NOCCN(C)C)[C@H](C)[C@@H](O)[C@]1(C)O. The molecule has 4 rings (SSSR count). The third-order valence-electron chi connectivity index (χ3n) is 14.1. The first-order chi connectivity index (χ1) is 31.0. The van der Waals surface area contributed by atoms with Crippen molar-refractivity contribution < 1.29 is 48.9 Å². The third kappa shape index (κ3) is 14.1. The highest BCUT2D eigenvalue weighted by atomic mass is 16.7. The number of nitrogens with zero attached hydrogens (tertiary/aromatic N) is 7. The fourth-order valence-corrected chi connectivity index (χ4v) is 9.62. The van der Waals surface area contributed by atoms with Crippen molar-refractivity contribution in [3.63, 3.8) is 0 Å². The quantitative estimate of drug-likeness (QED) is 0.0572. The summed E-state index contributed by atoms with van der Waals surface area (Å²) in [6.07, 6.45) is 0.823. The molecule has 0 bridgehead atoms. The van der Waals surface area contributed by atoms with Crippen LogP contribution in [0.3, 0.4) is 0 Å². The normalized spacial score (nSPS) is 33.5. The van der Waals surface area contributed by atoms with Gasteiger partial charge in [0.05, 0.1) is 34.6 Å². The molecule has 0 radical (unpaired) electrons. The lowest BCUT2D eigenvalue weighted by Crippen LogP contribution is -2.58. The Kier molecular flexibility index (Phi) is 20.2. The van der Waals surface area contributed by atoms with E-state index >= 15 is 0 Å². The van der Waals surface area contributed by atoms with Crippen LogP contribution in [0, 0.1) is 39.2 Å². The molecule has 18 nitrogen and oxygen atoms in total. The molecule has 1 aromatic heterocycles. The van der Waals surface area contributed by atoms with Gasteiger partial charge in [-0.2, -0.15) is 0 Å². The van der Waals surface area contributed by atoms with Crippen LogP contribution in [0.2, 0.25) is 0 Å². The molecule has 372 valence electrons. The Morgan fingerprint density at radius 2 is 1.68 bits per heavy atom. The summed E-state index contributed by atoms with van der Waals surface area (Å²) in [5, 5.41) is 60.0. The molecule has 0 spiro atoms. The summed E-state index contributed by atoms with van der Waals surface area (Å²) in [6.45, 7) is 18.3. The number of ketones is 1. The van der Waals surface area contributed by atoms with Gasteiger partial charge in [-0.1, -0.05) is 64.0 Å². The number of aliphatic hydroxyl groups excluding tert-OH is 2. The second kappa shape index (κ2) is 24.4. The molecule has 0 amide bonds. The van der Waals surface area contributed by atoms with E-state index in [9.17, 15) is 35.0 Å². The summed E-state index contributed by atoms with van der Waals surface area (Å²) in [6, 6.07) is 6.27. The van der Waals surface area contributed by atoms with Gasteiger partial charge in [-0.25, -0.2) is 0 Å². The minimum Gasteiger partial charge on any atom is -0.459 e. The minimum atomic E-state index is -1.89. The van der Waals surface area contributed by atoms with Crippen LogP contribution in [0.1, 0.15) is 112 Å². The van der Waals surface area contributed by atoms with Crippen molar-refractivity contribution in [2.24, 2.45) is 34.2 Å². The zero-order chi connectivity index (χ0) is 49.1. The van der Waals surface area contributed by atoms with Crippen LogP contribution in [0.25, 0.3) is 0 Å². The topological polar surface area (TPSA) is 224 Å². The largest absolute Gasteiger partial charge is 0.459 e.